The van der Waals surface area contributed by atoms with E-state index in [-0.39, 0.29) is 0 Å². The van der Waals surface area contributed by atoms with E-state index in [0.29, 0.717) is 5.41 Å². The Labute approximate surface area is 102 Å². The number of rotatable bonds is 3. The maximum atomic E-state index is 6.01. The topological polar surface area (TPSA) is 38.9 Å². The van der Waals surface area contributed by atoms with Crippen molar-refractivity contribution >= 4 is 11.3 Å². The minimum absolute atomic E-state index is 0.356. The largest absolute Gasteiger partial charge is 0.330 e. The lowest BCUT2D eigenvalue weighted by Gasteiger charge is -2.35. The third kappa shape index (κ3) is 2.46. The van der Waals surface area contributed by atoms with Gasteiger partial charge in [-0.2, -0.15) is 0 Å². The van der Waals surface area contributed by atoms with Crippen LogP contribution >= 0.6 is 11.3 Å². The van der Waals surface area contributed by atoms with Gasteiger partial charge >= 0.3 is 0 Å². The first-order valence-corrected chi connectivity index (χ1v) is 7.10. The highest BCUT2D eigenvalue weighted by Crippen LogP contribution is 2.39. The number of thiazole rings is 1. The smallest absolute Gasteiger partial charge is 0.0936 e. The third-order valence-electron chi connectivity index (χ3n) is 3.95. The van der Waals surface area contributed by atoms with E-state index in [9.17, 15) is 0 Å². The van der Waals surface area contributed by atoms with Crippen molar-refractivity contribution in [2.75, 3.05) is 6.54 Å². The second kappa shape index (κ2) is 4.84. The second-order valence-corrected chi connectivity index (χ2v) is 6.48. The van der Waals surface area contributed by atoms with Crippen LogP contribution in [0.3, 0.4) is 0 Å². The molecule has 1 heterocycles. The Balaban J connectivity index is 2.11. The van der Waals surface area contributed by atoms with Gasteiger partial charge in [0.15, 0.2) is 0 Å². The molecule has 2 nitrogen and oxygen atoms in total. The second-order valence-electron chi connectivity index (χ2n) is 5.19. The predicted molar refractivity (Wildman–Crippen MR) is 69.9 cm³/mol. The van der Waals surface area contributed by atoms with E-state index in [1.165, 1.54) is 47.7 Å². The molecule has 1 aliphatic carbocycles. The number of nitrogens with two attached hydrogens (primary N) is 1. The van der Waals surface area contributed by atoms with E-state index in [0.717, 1.165) is 13.0 Å². The molecule has 1 aromatic rings. The van der Waals surface area contributed by atoms with Crippen LogP contribution in [0.5, 0.6) is 0 Å². The van der Waals surface area contributed by atoms with Crippen molar-refractivity contribution < 1.29 is 0 Å². The van der Waals surface area contributed by atoms with Crippen LogP contribution in [0.15, 0.2) is 0 Å². The van der Waals surface area contributed by atoms with Crippen LogP contribution in [-0.4, -0.2) is 11.5 Å². The monoisotopic (exact) mass is 238 g/mol. The average Bonchev–Trinajstić information content (AvgIpc) is 2.59. The van der Waals surface area contributed by atoms with Crippen LogP contribution in [0.25, 0.3) is 0 Å². The molecule has 1 fully saturated rings. The standard InChI is InChI=1S/C13H22N2S/c1-10-11(2)16-12(15-10)8-13(9-14)6-4-3-5-7-13/h3-9,14H2,1-2H3. The van der Waals surface area contributed by atoms with Gasteiger partial charge in [-0.05, 0) is 38.6 Å². The van der Waals surface area contributed by atoms with Crippen molar-refractivity contribution in [3.8, 4) is 0 Å². The van der Waals surface area contributed by atoms with Gasteiger partial charge in [-0.1, -0.05) is 19.3 Å². The summed E-state index contributed by atoms with van der Waals surface area (Å²) < 4.78 is 0. The normalized spacial score (nSPS) is 19.9. The summed E-state index contributed by atoms with van der Waals surface area (Å²) in [6.45, 7) is 5.09. The van der Waals surface area contributed by atoms with Crippen LogP contribution in [-0.2, 0) is 6.42 Å². The molecule has 0 aliphatic heterocycles. The number of aromatic nitrogens is 1. The number of hydrogen-bond acceptors (Lipinski definition) is 3. The number of nitrogens with zero attached hydrogens (tertiary/aromatic N) is 1. The SMILES string of the molecule is Cc1nc(CC2(CN)CCCCC2)sc1C. The van der Waals surface area contributed by atoms with E-state index in [1.54, 1.807) is 0 Å². The first kappa shape index (κ1) is 12.1. The molecule has 1 saturated carbocycles. The predicted octanol–water partition coefficient (Wildman–Crippen LogP) is 3.21. The first-order chi connectivity index (χ1) is 7.65. The lowest BCUT2D eigenvalue weighted by atomic mass is 9.72. The fraction of sp³-hybridized carbons (Fsp3) is 0.769. The van der Waals surface area contributed by atoms with E-state index in [1.807, 2.05) is 11.3 Å². The van der Waals surface area contributed by atoms with Gasteiger partial charge in [0.05, 0.1) is 10.7 Å². The van der Waals surface area contributed by atoms with Crippen molar-refractivity contribution in [3.63, 3.8) is 0 Å². The highest BCUT2D eigenvalue weighted by molar-refractivity contribution is 7.11. The van der Waals surface area contributed by atoms with Crippen LogP contribution in [0.2, 0.25) is 0 Å². The van der Waals surface area contributed by atoms with E-state index in [2.05, 4.69) is 18.8 Å². The zero-order chi connectivity index (χ0) is 11.6. The first-order valence-electron chi connectivity index (χ1n) is 6.28. The van der Waals surface area contributed by atoms with Gasteiger partial charge in [0, 0.05) is 11.3 Å². The molecule has 0 spiro atoms. The van der Waals surface area contributed by atoms with Crippen molar-refractivity contribution in [3.05, 3.63) is 15.6 Å². The highest BCUT2D eigenvalue weighted by atomic mass is 32.1. The molecule has 0 saturated heterocycles. The van der Waals surface area contributed by atoms with Crippen LogP contribution < -0.4 is 5.73 Å². The summed E-state index contributed by atoms with van der Waals surface area (Å²) in [4.78, 5) is 6.02. The highest BCUT2D eigenvalue weighted by Gasteiger charge is 2.31. The Morgan fingerprint density at radius 3 is 2.44 bits per heavy atom. The van der Waals surface area contributed by atoms with Gasteiger partial charge < -0.3 is 5.73 Å². The Morgan fingerprint density at radius 1 is 1.25 bits per heavy atom. The van der Waals surface area contributed by atoms with Crippen molar-refractivity contribution in [2.45, 2.75) is 52.4 Å². The van der Waals surface area contributed by atoms with Crippen molar-refractivity contribution in [1.29, 1.82) is 0 Å². The maximum absolute atomic E-state index is 6.01. The summed E-state index contributed by atoms with van der Waals surface area (Å²) in [6, 6.07) is 0. The van der Waals surface area contributed by atoms with Gasteiger partial charge in [0.25, 0.3) is 0 Å². The summed E-state index contributed by atoms with van der Waals surface area (Å²) >= 11 is 1.86. The fourth-order valence-corrected chi connectivity index (χ4v) is 3.80. The van der Waals surface area contributed by atoms with Gasteiger partial charge in [0.2, 0.25) is 0 Å². The Hall–Kier alpha value is -0.410. The molecule has 0 atom stereocenters. The third-order valence-corrected chi connectivity index (χ3v) is 5.02. The molecule has 0 unspecified atom stereocenters. The zero-order valence-corrected chi connectivity index (χ0v) is 11.2. The fourth-order valence-electron chi connectivity index (χ4n) is 2.69. The van der Waals surface area contributed by atoms with Crippen LogP contribution in [0.1, 0.15) is 47.7 Å². The zero-order valence-electron chi connectivity index (χ0n) is 10.4. The van der Waals surface area contributed by atoms with Crippen molar-refractivity contribution in [2.24, 2.45) is 11.1 Å². The number of aryl methyl sites for hydroxylation is 2. The molecule has 0 amide bonds. The minimum Gasteiger partial charge on any atom is -0.330 e. The van der Waals surface area contributed by atoms with Crippen molar-refractivity contribution in [1.82, 2.24) is 4.98 Å². The van der Waals surface area contributed by atoms with Crippen LogP contribution in [0, 0.1) is 19.3 Å². The summed E-state index contributed by atoms with van der Waals surface area (Å²) in [6.07, 6.45) is 7.77. The Kier molecular flexibility index (Phi) is 3.65. The van der Waals surface area contributed by atoms with Gasteiger partial charge in [-0.3, -0.25) is 0 Å². The molecule has 1 aromatic heterocycles. The maximum Gasteiger partial charge on any atom is 0.0936 e. The lowest BCUT2D eigenvalue weighted by molar-refractivity contribution is 0.197. The molecule has 16 heavy (non-hydrogen) atoms. The van der Waals surface area contributed by atoms with Crippen LogP contribution in [0.4, 0.5) is 0 Å². The van der Waals surface area contributed by atoms with Gasteiger partial charge in [-0.15, -0.1) is 11.3 Å². The summed E-state index contributed by atoms with van der Waals surface area (Å²) in [5.41, 5.74) is 7.56. The molecule has 2 N–H and O–H groups in total. The Morgan fingerprint density at radius 2 is 1.94 bits per heavy atom. The molecule has 0 radical (unpaired) electrons. The van der Waals surface area contributed by atoms with Gasteiger partial charge in [0.1, 0.15) is 0 Å². The van der Waals surface area contributed by atoms with E-state index < -0.39 is 0 Å². The average molecular weight is 238 g/mol. The Bertz CT molecular complexity index is 331. The summed E-state index contributed by atoms with van der Waals surface area (Å²) in [5, 5.41) is 1.29. The summed E-state index contributed by atoms with van der Waals surface area (Å²) in [5.74, 6) is 0. The number of hydrogen-bond donors (Lipinski definition) is 1. The lowest BCUT2D eigenvalue weighted by Crippen LogP contribution is -2.34. The molecule has 1 aliphatic rings. The van der Waals surface area contributed by atoms with E-state index in [4.69, 9.17) is 5.73 Å². The molecule has 3 heteroatoms. The summed E-state index contributed by atoms with van der Waals surface area (Å²) in [7, 11) is 0. The molecule has 0 aromatic carbocycles. The molecular formula is C13H22N2S. The molecule has 2 rings (SSSR count). The quantitative estimate of drug-likeness (QED) is 0.878. The molecule has 0 bridgehead atoms. The molecule has 90 valence electrons. The van der Waals surface area contributed by atoms with Gasteiger partial charge in [-0.25, -0.2) is 4.98 Å². The minimum atomic E-state index is 0.356. The van der Waals surface area contributed by atoms with E-state index >= 15 is 0 Å². The molecular weight excluding hydrogens is 216 g/mol.